The van der Waals surface area contributed by atoms with Crippen molar-refractivity contribution in [2.24, 2.45) is 5.84 Å². The summed E-state index contributed by atoms with van der Waals surface area (Å²) >= 11 is 0. The molecule has 0 spiro atoms. The van der Waals surface area contributed by atoms with Crippen LogP contribution in [0.5, 0.6) is 6.01 Å². The second-order valence-corrected chi connectivity index (χ2v) is 4.35. The zero-order valence-electron chi connectivity index (χ0n) is 12.2. The van der Waals surface area contributed by atoms with Crippen LogP contribution in [0.1, 0.15) is 12.5 Å². The van der Waals surface area contributed by atoms with Crippen molar-refractivity contribution in [3.8, 4) is 6.01 Å². The lowest BCUT2D eigenvalue weighted by Crippen LogP contribution is -2.24. The highest BCUT2D eigenvalue weighted by Crippen LogP contribution is 2.14. The molecule has 2 heterocycles. The maximum Gasteiger partial charge on any atom is 0.323 e. The molecule has 0 saturated heterocycles. The van der Waals surface area contributed by atoms with Gasteiger partial charge >= 0.3 is 6.01 Å². The molecule has 2 aromatic rings. The van der Waals surface area contributed by atoms with Gasteiger partial charge in [0.05, 0.1) is 6.61 Å². The summed E-state index contributed by atoms with van der Waals surface area (Å²) in [6.45, 7) is 3.10. The standard InChI is InChI=1S/C13H19N7O/c1-3-21-13-17-11(19-14)16-12(18-13)20(2)9-6-10-4-7-15-8-5-10/h4-5,7-8H,3,6,9,14H2,1-2H3,(H,16,17,18,19). The average molecular weight is 289 g/mol. The minimum Gasteiger partial charge on any atom is -0.464 e. The molecule has 3 N–H and O–H groups in total. The van der Waals surface area contributed by atoms with Crippen LogP contribution < -0.4 is 20.9 Å². The van der Waals surface area contributed by atoms with Crippen LogP contribution in [0, 0.1) is 0 Å². The van der Waals surface area contributed by atoms with Gasteiger partial charge in [0.15, 0.2) is 0 Å². The van der Waals surface area contributed by atoms with Crippen LogP contribution in [0.2, 0.25) is 0 Å². The maximum atomic E-state index is 5.37. The van der Waals surface area contributed by atoms with Crippen molar-refractivity contribution in [1.29, 1.82) is 0 Å². The van der Waals surface area contributed by atoms with Crippen molar-refractivity contribution < 1.29 is 4.74 Å². The summed E-state index contributed by atoms with van der Waals surface area (Å²) in [5.74, 6) is 6.15. The molecule has 2 rings (SSSR count). The molecule has 0 unspecified atom stereocenters. The number of hydrogen-bond acceptors (Lipinski definition) is 8. The Kier molecular flexibility index (Phi) is 5.22. The highest BCUT2D eigenvalue weighted by Gasteiger charge is 2.10. The summed E-state index contributed by atoms with van der Waals surface area (Å²) in [4.78, 5) is 18.4. The fraction of sp³-hybridized carbons (Fsp3) is 0.385. The first-order valence-electron chi connectivity index (χ1n) is 6.68. The van der Waals surface area contributed by atoms with Gasteiger partial charge in [-0.05, 0) is 31.0 Å². The maximum absolute atomic E-state index is 5.37. The highest BCUT2D eigenvalue weighted by atomic mass is 16.5. The van der Waals surface area contributed by atoms with Gasteiger partial charge in [0.1, 0.15) is 0 Å². The first-order chi connectivity index (χ1) is 10.2. The van der Waals surface area contributed by atoms with Gasteiger partial charge in [-0.2, -0.15) is 15.0 Å². The Morgan fingerprint density at radius 1 is 1.24 bits per heavy atom. The summed E-state index contributed by atoms with van der Waals surface area (Å²) in [5, 5.41) is 0. The number of nitrogen functional groups attached to an aromatic ring is 1. The highest BCUT2D eigenvalue weighted by molar-refractivity contribution is 5.37. The number of nitrogens with zero attached hydrogens (tertiary/aromatic N) is 5. The fourth-order valence-corrected chi connectivity index (χ4v) is 1.72. The molecule has 8 heteroatoms. The third-order valence-electron chi connectivity index (χ3n) is 2.83. The van der Waals surface area contributed by atoms with Gasteiger partial charge in [0.25, 0.3) is 0 Å². The number of aromatic nitrogens is 4. The summed E-state index contributed by atoms with van der Waals surface area (Å²) in [5.41, 5.74) is 3.62. The Bertz CT molecular complexity index is 564. The van der Waals surface area contributed by atoms with Gasteiger partial charge < -0.3 is 9.64 Å². The predicted molar refractivity (Wildman–Crippen MR) is 80.0 cm³/mol. The van der Waals surface area contributed by atoms with Gasteiger partial charge in [0.2, 0.25) is 11.9 Å². The van der Waals surface area contributed by atoms with Crippen molar-refractivity contribution in [3.05, 3.63) is 30.1 Å². The molecular weight excluding hydrogens is 270 g/mol. The third-order valence-corrected chi connectivity index (χ3v) is 2.83. The van der Waals surface area contributed by atoms with E-state index in [1.165, 1.54) is 5.56 Å². The molecule has 0 bridgehead atoms. The van der Waals surface area contributed by atoms with E-state index >= 15 is 0 Å². The molecule has 0 aliphatic rings. The number of hydrogen-bond donors (Lipinski definition) is 2. The molecule has 0 saturated carbocycles. The van der Waals surface area contributed by atoms with E-state index in [0.29, 0.717) is 12.6 Å². The molecule has 2 aromatic heterocycles. The lowest BCUT2D eigenvalue weighted by atomic mass is 10.2. The van der Waals surface area contributed by atoms with Crippen LogP contribution in [-0.4, -0.2) is 40.1 Å². The number of ether oxygens (including phenoxy) is 1. The second kappa shape index (κ2) is 7.34. The van der Waals surface area contributed by atoms with Crippen LogP contribution in [-0.2, 0) is 6.42 Å². The van der Waals surface area contributed by atoms with Crippen molar-refractivity contribution in [1.82, 2.24) is 19.9 Å². The van der Waals surface area contributed by atoms with E-state index < -0.39 is 0 Å². The van der Waals surface area contributed by atoms with Crippen LogP contribution in [0.3, 0.4) is 0 Å². The van der Waals surface area contributed by atoms with Gasteiger partial charge in [-0.3, -0.25) is 10.4 Å². The van der Waals surface area contributed by atoms with Gasteiger partial charge in [-0.25, -0.2) is 5.84 Å². The smallest absolute Gasteiger partial charge is 0.323 e. The number of nitrogens with two attached hydrogens (primary N) is 1. The summed E-state index contributed by atoms with van der Waals surface area (Å²) in [7, 11) is 1.91. The predicted octanol–water partition coefficient (Wildman–Crippen LogP) is 0.630. The number of nitrogens with one attached hydrogen (secondary N) is 1. The van der Waals surface area contributed by atoms with Gasteiger partial charge in [-0.15, -0.1) is 0 Å². The molecule has 0 fully saturated rings. The van der Waals surface area contributed by atoms with E-state index in [9.17, 15) is 0 Å². The van der Waals surface area contributed by atoms with Crippen LogP contribution in [0.15, 0.2) is 24.5 Å². The summed E-state index contributed by atoms with van der Waals surface area (Å²) < 4.78 is 5.31. The number of hydrazine groups is 1. The van der Waals surface area contributed by atoms with Crippen molar-refractivity contribution >= 4 is 11.9 Å². The first kappa shape index (κ1) is 14.9. The molecule has 0 aromatic carbocycles. The Labute approximate surface area is 123 Å². The largest absolute Gasteiger partial charge is 0.464 e. The van der Waals surface area contributed by atoms with E-state index in [1.54, 1.807) is 12.4 Å². The summed E-state index contributed by atoms with van der Waals surface area (Å²) in [6, 6.07) is 4.23. The van der Waals surface area contributed by atoms with E-state index in [0.717, 1.165) is 13.0 Å². The quantitative estimate of drug-likeness (QED) is 0.565. The van der Waals surface area contributed by atoms with Crippen molar-refractivity contribution in [3.63, 3.8) is 0 Å². The minimum absolute atomic E-state index is 0.256. The van der Waals surface area contributed by atoms with E-state index in [4.69, 9.17) is 10.6 Å². The van der Waals surface area contributed by atoms with Crippen LogP contribution in [0.25, 0.3) is 0 Å². The van der Waals surface area contributed by atoms with E-state index in [1.807, 2.05) is 31.0 Å². The topological polar surface area (TPSA) is 102 Å². The molecule has 8 nitrogen and oxygen atoms in total. The number of rotatable bonds is 7. The van der Waals surface area contributed by atoms with Crippen molar-refractivity contribution in [2.75, 3.05) is 30.5 Å². The van der Waals surface area contributed by atoms with Crippen LogP contribution in [0.4, 0.5) is 11.9 Å². The SMILES string of the molecule is CCOc1nc(NN)nc(N(C)CCc2ccncc2)n1. The van der Waals surface area contributed by atoms with E-state index in [2.05, 4.69) is 25.4 Å². The monoisotopic (exact) mass is 289 g/mol. The van der Waals surface area contributed by atoms with E-state index in [-0.39, 0.29) is 12.0 Å². The lowest BCUT2D eigenvalue weighted by Gasteiger charge is -2.17. The molecule has 0 radical (unpaired) electrons. The molecule has 0 aliphatic heterocycles. The molecule has 0 aliphatic carbocycles. The molecular formula is C13H19N7O. The van der Waals surface area contributed by atoms with Crippen LogP contribution >= 0.6 is 0 Å². The lowest BCUT2D eigenvalue weighted by molar-refractivity contribution is 0.312. The Balaban J connectivity index is 2.07. The zero-order chi connectivity index (χ0) is 15.1. The van der Waals surface area contributed by atoms with Crippen molar-refractivity contribution in [2.45, 2.75) is 13.3 Å². The molecule has 112 valence electrons. The third kappa shape index (κ3) is 4.25. The Hall–Kier alpha value is -2.48. The molecule has 0 atom stereocenters. The number of anilines is 2. The Morgan fingerprint density at radius 3 is 2.67 bits per heavy atom. The fourth-order valence-electron chi connectivity index (χ4n) is 1.72. The second-order valence-electron chi connectivity index (χ2n) is 4.35. The average Bonchev–Trinajstić information content (AvgIpc) is 2.53. The summed E-state index contributed by atoms with van der Waals surface area (Å²) in [6.07, 6.45) is 4.42. The minimum atomic E-state index is 0.256. The van der Waals surface area contributed by atoms with Gasteiger partial charge in [0, 0.05) is 26.0 Å². The molecule has 0 amide bonds. The number of likely N-dealkylation sites (N-methyl/N-ethyl adjacent to an activating group) is 1. The Morgan fingerprint density at radius 2 is 2.00 bits per heavy atom. The normalized spacial score (nSPS) is 10.2. The first-order valence-corrected chi connectivity index (χ1v) is 6.68. The zero-order valence-corrected chi connectivity index (χ0v) is 12.2. The number of pyridine rings is 1. The molecule has 21 heavy (non-hydrogen) atoms. The van der Waals surface area contributed by atoms with Gasteiger partial charge in [-0.1, -0.05) is 0 Å².